The molecule has 0 saturated heterocycles. The third-order valence-electron chi connectivity index (χ3n) is 2.76. The smallest absolute Gasteiger partial charge is 0.305 e. The van der Waals surface area contributed by atoms with Crippen molar-refractivity contribution in [1.82, 2.24) is 14.3 Å². The number of pyridine rings is 1. The summed E-state index contributed by atoms with van der Waals surface area (Å²) in [4.78, 5) is 17.6. The van der Waals surface area contributed by atoms with Crippen LogP contribution in [-0.4, -0.2) is 29.7 Å². The molecule has 6 nitrogen and oxygen atoms in total. The van der Waals surface area contributed by atoms with Gasteiger partial charge >= 0.3 is 4.87 Å². The van der Waals surface area contributed by atoms with Gasteiger partial charge in [0.05, 0.1) is 12.2 Å². The maximum absolute atomic E-state index is 12.4. The minimum absolute atomic E-state index is 0.0534. The summed E-state index contributed by atoms with van der Waals surface area (Å²) in [7, 11) is -2.20. The Bertz CT molecular complexity index is 777. The number of nitrogens with one attached hydrogen (secondary N) is 1. The number of nitrogens with zero attached hydrogens (tertiary/aromatic N) is 2. The first-order valence-corrected chi connectivity index (χ1v) is 8.15. The lowest BCUT2D eigenvalue weighted by Crippen LogP contribution is -2.26. The third-order valence-corrected chi connectivity index (χ3v) is 6.14. The summed E-state index contributed by atoms with van der Waals surface area (Å²) >= 11 is 0.702. The summed E-state index contributed by atoms with van der Waals surface area (Å²) in [5.41, 5.74) is 1.86. The fraction of sp³-hybridized carbons (Fsp3) is 0.333. The average Bonchev–Trinajstić information content (AvgIpc) is 2.69. The van der Waals surface area contributed by atoms with Gasteiger partial charge in [0.1, 0.15) is 0 Å². The van der Waals surface area contributed by atoms with E-state index in [1.165, 1.54) is 11.4 Å². The Labute approximate surface area is 121 Å². The van der Waals surface area contributed by atoms with Gasteiger partial charge in [-0.1, -0.05) is 17.4 Å². The van der Waals surface area contributed by atoms with Gasteiger partial charge in [-0.3, -0.25) is 9.78 Å². The van der Waals surface area contributed by atoms with Crippen LogP contribution >= 0.6 is 11.3 Å². The highest BCUT2D eigenvalue weighted by atomic mass is 32.2. The number of sulfonamides is 1. The average molecular weight is 313 g/mol. The maximum atomic E-state index is 12.4. The lowest BCUT2D eigenvalue weighted by atomic mass is 10.3. The number of hydrogen-bond acceptors (Lipinski definition) is 5. The maximum Gasteiger partial charge on any atom is 0.305 e. The first-order chi connectivity index (χ1) is 9.30. The Morgan fingerprint density at radius 2 is 2.05 bits per heavy atom. The molecule has 0 aliphatic rings. The molecule has 0 atom stereocenters. The number of aromatic nitrogens is 2. The molecule has 0 radical (unpaired) electrons. The van der Waals surface area contributed by atoms with Crippen LogP contribution < -0.4 is 4.87 Å². The van der Waals surface area contributed by atoms with Gasteiger partial charge in [-0.2, -0.15) is 4.31 Å². The van der Waals surface area contributed by atoms with Gasteiger partial charge < -0.3 is 4.98 Å². The van der Waals surface area contributed by atoms with Crippen molar-refractivity contribution in [3.63, 3.8) is 0 Å². The second-order valence-corrected chi connectivity index (χ2v) is 7.68. The fourth-order valence-corrected chi connectivity index (χ4v) is 4.41. The van der Waals surface area contributed by atoms with Crippen LogP contribution in [-0.2, 0) is 16.6 Å². The van der Waals surface area contributed by atoms with E-state index in [9.17, 15) is 13.2 Å². The van der Waals surface area contributed by atoms with Crippen LogP contribution in [0.2, 0.25) is 0 Å². The van der Waals surface area contributed by atoms with Gasteiger partial charge in [0.25, 0.3) is 10.0 Å². The van der Waals surface area contributed by atoms with Crippen molar-refractivity contribution in [2.45, 2.75) is 24.6 Å². The SMILES string of the molecule is Cc1cccc(CN(C)S(=O)(=O)c2sc(=O)[nH]c2C)n1. The van der Waals surface area contributed by atoms with E-state index in [2.05, 4.69) is 9.97 Å². The van der Waals surface area contributed by atoms with Crippen LogP contribution in [0.1, 0.15) is 17.1 Å². The summed E-state index contributed by atoms with van der Waals surface area (Å²) in [6.07, 6.45) is 0. The number of H-pyrrole nitrogens is 1. The summed E-state index contributed by atoms with van der Waals surface area (Å²) in [5.74, 6) is 0. The molecule has 0 aliphatic heterocycles. The molecule has 0 aromatic carbocycles. The molecule has 2 aromatic heterocycles. The van der Waals surface area contributed by atoms with Crippen molar-refractivity contribution in [1.29, 1.82) is 0 Å². The van der Waals surface area contributed by atoms with Gasteiger partial charge in [0.2, 0.25) is 0 Å². The van der Waals surface area contributed by atoms with Gasteiger partial charge in [-0.05, 0) is 26.0 Å². The number of aromatic amines is 1. The van der Waals surface area contributed by atoms with Crippen molar-refractivity contribution in [2.75, 3.05) is 7.05 Å². The van der Waals surface area contributed by atoms with Gasteiger partial charge in [-0.15, -0.1) is 0 Å². The van der Waals surface area contributed by atoms with Crippen LogP contribution in [0.3, 0.4) is 0 Å². The molecule has 108 valence electrons. The first-order valence-electron chi connectivity index (χ1n) is 5.89. The largest absolute Gasteiger partial charge is 0.315 e. The van der Waals surface area contributed by atoms with E-state index in [0.29, 0.717) is 22.7 Å². The van der Waals surface area contributed by atoms with E-state index in [4.69, 9.17) is 0 Å². The van der Waals surface area contributed by atoms with E-state index in [1.807, 2.05) is 19.1 Å². The fourth-order valence-electron chi connectivity index (χ4n) is 1.78. The standard InChI is InChI=1S/C12H15N3O3S2/c1-8-5-4-6-10(13-8)7-15(3)20(17,18)11-9(2)14-12(16)19-11/h4-6H,7H2,1-3H3,(H,14,16). The molecule has 0 aliphatic carbocycles. The molecule has 0 amide bonds. The molecule has 0 saturated carbocycles. The molecule has 0 spiro atoms. The summed E-state index contributed by atoms with van der Waals surface area (Å²) in [6.45, 7) is 3.58. The second-order valence-electron chi connectivity index (χ2n) is 4.46. The van der Waals surface area contributed by atoms with Gasteiger partial charge in [0, 0.05) is 18.4 Å². The van der Waals surface area contributed by atoms with Gasteiger partial charge in [-0.25, -0.2) is 8.42 Å². The Morgan fingerprint density at radius 3 is 2.60 bits per heavy atom. The first kappa shape index (κ1) is 14.9. The minimum atomic E-state index is -3.68. The molecular weight excluding hydrogens is 298 g/mol. The second kappa shape index (κ2) is 5.47. The monoisotopic (exact) mass is 313 g/mol. The highest BCUT2D eigenvalue weighted by molar-refractivity contribution is 7.91. The van der Waals surface area contributed by atoms with Crippen molar-refractivity contribution in [3.8, 4) is 0 Å². The number of thiazole rings is 1. The van der Waals surface area contributed by atoms with Crippen LogP contribution in [0.5, 0.6) is 0 Å². The Morgan fingerprint density at radius 1 is 1.35 bits per heavy atom. The molecular formula is C12H15N3O3S2. The Balaban J connectivity index is 2.30. The number of rotatable bonds is 4. The van der Waals surface area contributed by atoms with Crippen LogP contribution in [0.15, 0.2) is 27.2 Å². The molecule has 8 heteroatoms. The van der Waals surface area contributed by atoms with E-state index >= 15 is 0 Å². The third kappa shape index (κ3) is 2.97. The van der Waals surface area contributed by atoms with Crippen molar-refractivity contribution in [2.24, 2.45) is 0 Å². The zero-order valence-corrected chi connectivity index (χ0v) is 13.0. The van der Waals surface area contributed by atoms with Crippen molar-refractivity contribution in [3.05, 3.63) is 44.9 Å². The Hall–Kier alpha value is -1.51. The van der Waals surface area contributed by atoms with Crippen LogP contribution in [0.25, 0.3) is 0 Å². The molecule has 1 N–H and O–H groups in total. The molecule has 2 heterocycles. The summed E-state index contributed by atoms with van der Waals surface area (Å²) < 4.78 is 26.1. The lowest BCUT2D eigenvalue weighted by molar-refractivity contribution is 0.463. The lowest BCUT2D eigenvalue weighted by Gasteiger charge is -2.16. The van der Waals surface area contributed by atoms with E-state index in [-0.39, 0.29) is 15.6 Å². The Kier molecular flexibility index (Phi) is 4.07. The zero-order chi connectivity index (χ0) is 14.9. The highest BCUT2D eigenvalue weighted by Crippen LogP contribution is 2.21. The van der Waals surface area contributed by atoms with E-state index in [0.717, 1.165) is 5.69 Å². The van der Waals surface area contributed by atoms with E-state index < -0.39 is 10.0 Å². The van der Waals surface area contributed by atoms with E-state index in [1.54, 1.807) is 13.0 Å². The molecule has 2 rings (SSSR count). The number of aryl methyl sites for hydroxylation is 2. The zero-order valence-electron chi connectivity index (χ0n) is 11.4. The van der Waals surface area contributed by atoms with Crippen molar-refractivity contribution >= 4 is 21.4 Å². The molecule has 2 aromatic rings. The van der Waals surface area contributed by atoms with Crippen molar-refractivity contribution < 1.29 is 8.42 Å². The number of hydrogen-bond donors (Lipinski definition) is 1. The topological polar surface area (TPSA) is 83.1 Å². The van der Waals surface area contributed by atoms with Crippen LogP contribution in [0, 0.1) is 13.8 Å². The predicted molar refractivity (Wildman–Crippen MR) is 77.3 cm³/mol. The quantitative estimate of drug-likeness (QED) is 0.921. The molecule has 0 bridgehead atoms. The molecule has 0 unspecified atom stereocenters. The predicted octanol–water partition coefficient (Wildman–Crippen LogP) is 1.27. The summed E-state index contributed by atoms with van der Waals surface area (Å²) in [6, 6.07) is 5.45. The van der Waals surface area contributed by atoms with Gasteiger partial charge in [0.15, 0.2) is 4.21 Å². The highest BCUT2D eigenvalue weighted by Gasteiger charge is 2.26. The molecule has 20 heavy (non-hydrogen) atoms. The normalized spacial score (nSPS) is 12.0. The van der Waals surface area contributed by atoms with Crippen LogP contribution in [0.4, 0.5) is 0 Å². The molecule has 0 fully saturated rings. The summed E-state index contributed by atoms with van der Waals surface area (Å²) in [5, 5.41) is 0. The minimum Gasteiger partial charge on any atom is -0.315 e.